The van der Waals surface area contributed by atoms with Crippen molar-refractivity contribution in [2.75, 3.05) is 11.5 Å². The summed E-state index contributed by atoms with van der Waals surface area (Å²) in [4.78, 5) is 25.5. The third kappa shape index (κ3) is 2.39. The second-order valence-corrected chi connectivity index (χ2v) is 6.45. The standard InChI is InChI=1S/C14H14F2N2O2S/c15-10-3-1-2-9(11(10)16)8-18-12(19)14(17-13(18)20)4-6-21-7-5-14/h1-3H,4-8H2,(H,17,20). The minimum Gasteiger partial charge on any atom is -0.323 e. The molecule has 21 heavy (non-hydrogen) atoms. The molecule has 2 heterocycles. The number of rotatable bonds is 2. The predicted octanol–water partition coefficient (Wildman–Crippen LogP) is 2.28. The van der Waals surface area contributed by atoms with E-state index >= 15 is 0 Å². The molecule has 1 aromatic rings. The molecule has 2 fully saturated rings. The van der Waals surface area contributed by atoms with E-state index in [-0.39, 0.29) is 18.0 Å². The molecule has 3 amide bonds. The summed E-state index contributed by atoms with van der Waals surface area (Å²) < 4.78 is 26.9. The average molecular weight is 312 g/mol. The third-order valence-electron chi connectivity index (χ3n) is 3.95. The summed E-state index contributed by atoms with van der Waals surface area (Å²) in [5.41, 5.74) is -0.854. The van der Waals surface area contributed by atoms with Gasteiger partial charge in [-0.3, -0.25) is 9.69 Å². The first-order chi connectivity index (χ1) is 10.0. The molecule has 2 aliphatic rings. The van der Waals surface area contributed by atoms with Crippen LogP contribution in [0.15, 0.2) is 18.2 Å². The van der Waals surface area contributed by atoms with E-state index < -0.39 is 23.2 Å². The van der Waals surface area contributed by atoms with Gasteiger partial charge in [0, 0.05) is 5.56 Å². The van der Waals surface area contributed by atoms with Gasteiger partial charge in [-0.05, 0) is 30.4 Å². The van der Waals surface area contributed by atoms with Crippen molar-refractivity contribution in [3.63, 3.8) is 0 Å². The van der Waals surface area contributed by atoms with Gasteiger partial charge in [0.2, 0.25) is 0 Å². The van der Waals surface area contributed by atoms with Crippen LogP contribution in [0.5, 0.6) is 0 Å². The van der Waals surface area contributed by atoms with E-state index in [9.17, 15) is 18.4 Å². The molecule has 3 rings (SSSR count). The van der Waals surface area contributed by atoms with E-state index in [0.717, 1.165) is 22.5 Å². The third-order valence-corrected chi connectivity index (χ3v) is 4.94. The second kappa shape index (κ2) is 5.29. The molecule has 0 saturated carbocycles. The first-order valence-electron chi connectivity index (χ1n) is 6.68. The number of halogens is 2. The quantitative estimate of drug-likeness (QED) is 0.852. The molecule has 0 unspecified atom stereocenters. The number of carbonyl (C=O) groups is 2. The zero-order chi connectivity index (χ0) is 15.0. The fraction of sp³-hybridized carbons (Fsp3) is 0.429. The highest BCUT2D eigenvalue weighted by Gasteiger charge is 2.51. The lowest BCUT2D eigenvalue weighted by molar-refractivity contribution is -0.132. The van der Waals surface area contributed by atoms with Crippen LogP contribution < -0.4 is 5.32 Å². The number of urea groups is 1. The number of nitrogens with one attached hydrogen (secondary N) is 1. The molecule has 4 nitrogen and oxygen atoms in total. The normalized spacial score (nSPS) is 21.0. The highest BCUT2D eigenvalue weighted by atomic mass is 32.2. The largest absolute Gasteiger partial charge is 0.325 e. The molecule has 0 radical (unpaired) electrons. The van der Waals surface area contributed by atoms with Crippen LogP contribution in [0.2, 0.25) is 0 Å². The molecule has 0 atom stereocenters. The van der Waals surface area contributed by atoms with Gasteiger partial charge in [0.15, 0.2) is 11.6 Å². The second-order valence-electron chi connectivity index (χ2n) is 5.23. The fourth-order valence-corrected chi connectivity index (χ4v) is 3.91. The van der Waals surface area contributed by atoms with Gasteiger partial charge >= 0.3 is 6.03 Å². The van der Waals surface area contributed by atoms with Gasteiger partial charge in [-0.1, -0.05) is 12.1 Å². The van der Waals surface area contributed by atoms with Crippen molar-refractivity contribution in [1.82, 2.24) is 10.2 Å². The summed E-state index contributed by atoms with van der Waals surface area (Å²) in [7, 11) is 0. The van der Waals surface area contributed by atoms with Crippen molar-refractivity contribution >= 4 is 23.7 Å². The van der Waals surface area contributed by atoms with Crippen molar-refractivity contribution in [2.45, 2.75) is 24.9 Å². The maximum absolute atomic E-state index is 13.7. The Morgan fingerprint density at radius 3 is 2.67 bits per heavy atom. The van der Waals surface area contributed by atoms with Crippen LogP contribution in [0.25, 0.3) is 0 Å². The first kappa shape index (κ1) is 14.3. The molecule has 2 saturated heterocycles. The lowest BCUT2D eigenvalue weighted by atomic mass is 9.92. The molecule has 0 aliphatic carbocycles. The summed E-state index contributed by atoms with van der Waals surface area (Å²) in [5.74, 6) is -0.736. The van der Waals surface area contributed by atoms with Gasteiger partial charge in [-0.2, -0.15) is 11.8 Å². The average Bonchev–Trinajstić information content (AvgIpc) is 2.69. The van der Waals surface area contributed by atoms with Crippen molar-refractivity contribution in [3.8, 4) is 0 Å². The smallest absolute Gasteiger partial charge is 0.323 e. The van der Waals surface area contributed by atoms with Crippen LogP contribution >= 0.6 is 11.8 Å². The summed E-state index contributed by atoms with van der Waals surface area (Å²) in [5, 5.41) is 2.73. The van der Waals surface area contributed by atoms with Crippen LogP contribution in [-0.2, 0) is 11.3 Å². The van der Waals surface area contributed by atoms with E-state index in [1.54, 1.807) is 11.8 Å². The lowest BCUT2D eigenvalue weighted by Gasteiger charge is -2.30. The number of carbonyl (C=O) groups excluding carboxylic acids is 2. The van der Waals surface area contributed by atoms with Crippen LogP contribution in [-0.4, -0.2) is 33.9 Å². The van der Waals surface area contributed by atoms with E-state index in [0.29, 0.717) is 12.8 Å². The number of imide groups is 1. The molecular formula is C14H14F2N2O2S. The van der Waals surface area contributed by atoms with Gasteiger partial charge in [0.25, 0.3) is 5.91 Å². The Labute approximate surface area is 124 Å². The predicted molar refractivity (Wildman–Crippen MR) is 74.7 cm³/mol. The Morgan fingerprint density at radius 1 is 1.24 bits per heavy atom. The SMILES string of the molecule is O=C1NC2(CCSCC2)C(=O)N1Cc1cccc(F)c1F. The molecule has 2 aliphatic heterocycles. The minimum absolute atomic E-state index is 0.000680. The molecule has 1 aromatic carbocycles. The Bertz CT molecular complexity index is 603. The van der Waals surface area contributed by atoms with Crippen LogP contribution in [0, 0.1) is 11.6 Å². The maximum Gasteiger partial charge on any atom is 0.325 e. The van der Waals surface area contributed by atoms with Gasteiger partial charge in [-0.15, -0.1) is 0 Å². The Balaban J connectivity index is 1.84. The van der Waals surface area contributed by atoms with Gasteiger partial charge in [0.1, 0.15) is 5.54 Å². The Kier molecular flexibility index (Phi) is 3.61. The van der Waals surface area contributed by atoms with E-state index in [2.05, 4.69) is 5.32 Å². The highest BCUT2D eigenvalue weighted by Crippen LogP contribution is 2.33. The van der Waals surface area contributed by atoms with Crippen LogP contribution in [0.1, 0.15) is 18.4 Å². The highest BCUT2D eigenvalue weighted by molar-refractivity contribution is 7.99. The summed E-state index contributed by atoms with van der Waals surface area (Å²) >= 11 is 1.74. The molecule has 1 spiro atoms. The van der Waals surface area contributed by atoms with E-state index in [1.165, 1.54) is 12.1 Å². The number of benzene rings is 1. The molecule has 0 bridgehead atoms. The number of thioether (sulfide) groups is 1. The van der Waals surface area contributed by atoms with Gasteiger partial charge in [0.05, 0.1) is 6.54 Å². The van der Waals surface area contributed by atoms with Crippen molar-refractivity contribution in [1.29, 1.82) is 0 Å². The number of hydrogen-bond acceptors (Lipinski definition) is 3. The summed E-state index contributed by atoms with van der Waals surface area (Å²) in [6, 6.07) is 3.21. The Hall–Kier alpha value is -1.63. The zero-order valence-corrected chi connectivity index (χ0v) is 12.0. The molecular weight excluding hydrogens is 298 g/mol. The lowest BCUT2D eigenvalue weighted by Crippen LogP contribution is -2.49. The fourth-order valence-electron chi connectivity index (χ4n) is 2.72. The Morgan fingerprint density at radius 2 is 1.95 bits per heavy atom. The topological polar surface area (TPSA) is 49.4 Å². The van der Waals surface area contributed by atoms with Gasteiger partial charge in [-0.25, -0.2) is 13.6 Å². The van der Waals surface area contributed by atoms with Crippen molar-refractivity contribution in [2.24, 2.45) is 0 Å². The molecule has 112 valence electrons. The van der Waals surface area contributed by atoms with Crippen molar-refractivity contribution in [3.05, 3.63) is 35.4 Å². The summed E-state index contributed by atoms with van der Waals surface area (Å²) in [6.07, 6.45) is 1.15. The van der Waals surface area contributed by atoms with Crippen LogP contribution in [0.4, 0.5) is 13.6 Å². The van der Waals surface area contributed by atoms with Crippen molar-refractivity contribution < 1.29 is 18.4 Å². The van der Waals surface area contributed by atoms with E-state index in [1.807, 2.05) is 0 Å². The number of hydrogen-bond donors (Lipinski definition) is 1. The minimum atomic E-state index is -1.02. The zero-order valence-electron chi connectivity index (χ0n) is 11.2. The molecule has 7 heteroatoms. The summed E-state index contributed by atoms with van der Waals surface area (Å²) in [6.45, 7) is -0.247. The number of amides is 3. The monoisotopic (exact) mass is 312 g/mol. The van der Waals surface area contributed by atoms with E-state index in [4.69, 9.17) is 0 Å². The molecule has 1 N–H and O–H groups in total. The maximum atomic E-state index is 13.7. The molecule has 0 aromatic heterocycles. The first-order valence-corrected chi connectivity index (χ1v) is 7.84. The number of nitrogens with zero attached hydrogens (tertiary/aromatic N) is 1. The van der Waals surface area contributed by atoms with Crippen LogP contribution in [0.3, 0.4) is 0 Å². The van der Waals surface area contributed by atoms with Gasteiger partial charge < -0.3 is 5.32 Å².